The Morgan fingerprint density at radius 2 is 2.05 bits per heavy atom. The van der Waals surface area contributed by atoms with Crippen LogP contribution in [0.25, 0.3) is 0 Å². The minimum Gasteiger partial charge on any atom is -0.481 e. The number of rotatable bonds is 5. The lowest BCUT2D eigenvalue weighted by molar-refractivity contribution is -0.131. The highest BCUT2D eigenvalue weighted by Gasteiger charge is 2.35. The molecule has 0 aromatic heterocycles. The fraction of sp³-hybridized carbons (Fsp3) is 0.533. The number of halogens is 1. The number of carbonyl (C=O) groups is 1. The first kappa shape index (κ1) is 16.3. The van der Waals surface area contributed by atoms with E-state index in [4.69, 9.17) is 9.47 Å². The van der Waals surface area contributed by atoms with Crippen molar-refractivity contribution in [3.8, 4) is 5.75 Å². The number of hydrogen-bond acceptors (Lipinski definition) is 4. The van der Waals surface area contributed by atoms with Gasteiger partial charge in [0.2, 0.25) is 0 Å². The third-order valence-electron chi connectivity index (χ3n) is 3.64. The second kappa shape index (κ2) is 7.24. The molecule has 1 atom stereocenters. The van der Waals surface area contributed by atoms with Gasteiger partial charge in [0.1, 0.15) is 5.75 Å². The highest BCUT2D eigenvalue weighted by molar-refractivity contribution is 9.10. The number of benzene rings is 1. The van der Waals surface area contributed by atoms with Crippen LogP contribution >= 0.6 is 15.9 Å². The Kier molecular flexibility index (Phi) is 5.61. The number of nitrogens with one attached hydrogen (secondary N) is 1. The maximum Gasteiger partial charge on any atom is 0.261 e. The van der Waals surface area contributed by atoms with Crippen molar-refractivity contribution in [3.63, 3.8) is 0 Å². The molecule has 0 radical (unpaired) electrons. The van der Waals surface area contributed by atoms with Crippen LogP contribution in [0.2, 0.25) is 0 Å². The lowest BCUT2D eigenvalue weighted by atomic mass is 9.91. The van der Waals surface area contributed by atoms with Gasteiger partial charge in [0.25, 0.3) is 5.91 Å². The predicted octanol–water partition coefficient (Wildman–Crippen LogP) is 1.87. The number of aliphatic hydroxyl groups is 1. The van der Waals surface area contributed by atoms with Crippen LogP contribution in [0.5, 0.6) is 5.75 Å². The first-order chi connectivity index (χ1) is 10.0. The molecule has 1 unspecified atom stereocenters. The number of carbonyl (C=O) groups excluding carboxylic acids is 1. The molecule has 5 nitrogen and oxygen atoms in total. The summed E-state index contributed by atoms with van der Waals surface area (Å²) >= 11 is 3.35. The molecule has 6 heteroatoms. The molecule has 1 aromatic carbocycles. The number of amides is 1. The van der Waals surface area contributed by atoms with E-state index in [-0.39, 0.29) is 12.5 Å². The van der Waals surface area contributed by atoms with Crippen molar-refractivity contribution in [1.29, 1.82) is 0 Å². The first-order valence-electron chi connectivity index (χ1n) is 6.97. The normalized spacial score (nSPS) is 18.8. The molecule has 1 amide bonds. The fourth-order valence-corrected chi connectivity index (χ4v) is 2.48. The zero-order chi connectivity index (χ0) is 15.3. The van der Waals surface area contributed by atoms with E-state index in [1.54, 1.807) is 19.1 Å². The third kappa shape index (κ3) is 4.43. The molecule has 0 spiro atoms. The first-order valence-corrected chi connectivity index (χ1v) is 7.77. The molecular weight excluding hydrogens is 338 g/mol. The van der Waals surface area contributed by atoms with Gasteiger partial charge in [-0.15, -0.1) is 0 Å². The minimum absolute atomic E-state index is 0.0902. The Labute approximate surface area is 132 Å². The summed E-state index contributed by atoms with van der Waals surface area (Å²) in [6, 6.07) is 7.30. The van der Waals surface area contributed by atoms with Gasteiger partial charge in [-0.2, -0.15) is 0 Å². The minimum atomic E-state index is -0.627. The van der Waals surface area contributed by atoms with E-state index in [1.165, 1.54) is 0 Å². The van der Waals surface area contributed by atoms with E-state index in [2.05, 4.69) is 21.2 Å². The molecule has 21 heavy (non-hydrogen) atoms. The Hall–Kier alpha value is -1.11. The zero-order valence-corrected chi connectivity index (χ0v) is 13.6. The van der Waals surface area contributed by atoms with Gasteiger partial charge < -0.3 is 19.9 Å². The monoisotopic (exact) mass is 357 g/mol. The average molecular weight is 358 g/mol. The Morgan fingerprint density at radius 1 is 1.43 bits per heavy atom. The van der Waals surface area contributed by atoms with Crippen LogP contribution in [-0.4, -0.2) is 42.5 Å². The van der Waals surface area contributed by atoms with Crippen LogP contribution in [0.4, 0.5) is 0 Å². The van der Waals surface area contributed by atoms with Gasteiger partial charge in [-0.05, 0) is 44.0 Å². The highest BCUT2D eigenvalue weighted by atomic mass is 79.9. The van der Waals surface area contributed by atoms with E-state index in [0.717, 1.165) is 4.47 Å². The van der Waals surface area contributed by atoms with Gasteiger partial charge in [-0.3, -0.25) is 4.79 Å². The quantitative estimate of drug-likeness (QED) is 0.844. The van der Waals surface area contributed by atoms with E-state index in [1.807, 2.05) is 12.1 Å². The predicted molar refractivity (Wildman–Crippen MR) is 82.2 cm³/mol. The molecule has 0 saturated carbocycles. The number of ether oxygens (including phenoxy) is 2. The van der Waals surface area contributed by atoms with Crippen molar-refractivity contribution in [2.75, 3.05) is 19.8 Å². The van der Waals surface area contributed by atoms with E-state index in [9.17, 15) is 9.90 Å². The molecule has 0 bridgehead atoms. The molecule has 2 rings (SSSR count). The molecule has 1 heterocycles. The molecule has 1 aliphatic heterocycles. The van der Waals surface area contributed by atoms with Crippen molar-refractivity contribution < 1.29 is 19.4 Å². The topological polar surface area (TPSA) is 67.8 Å². The van der Waals surface area contributed by atoms with E-state index in [0.29, 0.717) is 31.8 Å². The standard InChI is InChI=1S/C15H20BrNO4/c1-11(21-13-4-2-12(16)3-5-13)14(19)17-15(10-18)6-8-20-9-7-15/h2-5,11,18H,6-10H2,1H3,(H,17,19). The Balaban J connectivity index is 1.93. The molecule has 1 aromatic rings. The average Bonchev–Trinajstić information content (AvgIpc) is 2.50. The van der Waals surface area contributed by atoms with Crippen molar-refractivity contribution in [1.82, 2.24) is 5.32 Å². The summed E-state index contributed by atoms with van der Waals surface area (Å²) in [4.78, 5) is 12.2. The maximum atomic E-state index is 12.2. The summed E-state index contributed by atoms with van der Waals surface area (Å²) in [6.45, 7) is 2.69. The van der Waals surface area contributed by atoms with Gasteiger partial charge in [-0.25, -0.2) is 0 Å². The van der Waals surface area contributed by atoms with Crippen molar-refractivity contribution in [2.45, 2.75) is 31.4 Å². The summed E-state index contributed by atoms with van der Waals surface area (Å²) in [5.41, 5.74) is -0.591. The van der Waals surface area contributed by atoms with Gasteiger partial charge >= 0.3 is 0 Å². The van der Waals surface area contributed by atoms with Crippen molar-refractivity contribution in [3.05, 3.63) is 28.7 Å². The molecule has 1 saturated heterocycles. The largest absolute Gasteiger partial charge is 0.481 e. The summed E-state index contributed by atoms with van der Waals surface area (Å²) in [5.74, 6) is 0.403. The second-order valence-electron chi connectivity index (χ2n) is 5.25. The SMILES string of the molecule is CC(Oc1ccc(Br)cc1)C(=O)NC1(CO)CCOCC1. The van der Waals surface area contributed by atoms with Crippen molar-refractivity contribution in [2.24, 2.45) is 0 Å². The highest BCUT2D eigenvalue weighted by Crippen LogP contribution is 2.21. The second-order valence-corrected chi connectivity index (χ2v) is 6.17. The molecule has 1 aliphatic rings. The maximum absolute atomic E-state index is 12.2. The Bertz CT molecular complexity index is 471. The van der Waals surface area contributed by atoms with Crippen LogP contribution in [0.3, 0.4) is 0 Å². The fourth-order valence-electron chi connectivity index (χ4n) is 2.22. The number of aliphatic hydroxyl groups excluding tert-OH is 1. The van der Waals surface area contributed by atoms with Gasteiger partial charge in [-0.1, -0.05) is 15.9 Å². The molecule has 2 N–H and O–H groups in total. The van der Waals surface area contributed by atoms with Crippen LogP contribution in [0.1, 0.15) is 19.8 Å². The zero-order valence-electron chi connectivity index (χ0n) is 12.0. The summed E-state index contributed by atoms with van der Waals surface area (Å²) in [6.07, 6.45) is 0.595. The van der Waals surface area contributed by atoms with Crippen LogP contribution < -0.4 is 10.1 Å². The third-order valence-corrected chi connectivity index (χ3v) is 4.17. The van der Waals surface area contributed by atoms with Crippen molar-refractivity contribution >= 4 is 21.8 Å². The van der Waals surface area contributed by atoms with E-state index < -0.39 is 11.6 Å². The number of hydrogen-bond donors (Lipinski definition) is 2. The summed E-state index contributed by atoms with van der Waals surface area (Å²) < 4.78 is 11.8. The van der Waals surface area contributed by atoms with Crippen LogP contribution in [0, 0.1) is 0 Å². The van der Waals surface area contributed by atoms with Crippen LogP contribution in [-0.2, 0) is 9.53 Å². The van der Waals surface area contributed by atoms with E-state index >= 15 is 0 Å². The summed E-state index contributed by atoms with van der Waals surface area (Å²) in [7, 11) is 0. The van der Waals surface area contributed by atoms with Gasteiger partial charge in [0, 0.05) is 17.7 Å². The lowest BCUT2D eigenvalue weighted by Crippen LogP contribution is -2.57. The smallest absolute Gasteiger partial charge is 0.261 e. The van der Waals surface area contributed by atoms with Gasteiger partial charge in [0.15, 0.2) is 6.10 Å². The van der Waals surface area contributed by atoms with Gasteiger partial charge in [0.05, 0.1) is 12.1 Å². The lowest BCUT2D eigenvalue weighted by Gasteiger charge is -2.37. The molecular formula is C15H20BrNO4. The van der Waals surface area contributed by atoms with Crippen LogP contribution in [0.15, 0.2) is 28.7 Å². The Morgan fingerprint density at radius 3 is 2.62 bits per heavy atom. The molecule has 0 aliphatic carbocycles. The molecule has 1 fully saturated rings. The summed E-state index contributed by atoms with van der Waals surface area (Å²) in [5, 5.41) is 12.5. The molecule has 116 valence electrons.